The van der Waals surface area contributed by atoms with Gasteiger partial charge >= 0.3 is 5.97 Å². The summed E-state index contributed by atoms with van der Waals surface area (Å²) in [6.07, 6.45) is 2.54. The normalized spacial score (nSPS) is 18.4. The Hall–Kier alpha value is -1.36. The number of esters is 1. The number of carbonyl (C=O) groups excluding carboxylic acids is 2. The fraction of sp³-hybridized carbons (Fsp3) is 0.500. The molecule has 1 aliphatic rings. The molecule has 0 N–H and O–H groups in total. The Labute approximate surface area is 133 Å². The van der Waals surface area contributed by atoms with Gasteiger partial charge in [0.15, 0.2) is 0 Å². The highest BCUT2D eigenvalue weighted by molar-refractivity contribution is 9.10. The van der Waals surface area contributed by atoms with Crippen molar-refractivity contribution in [3.63, 3.8) is 0 Å². The number of piperidine rings is 1. The van der Waals surface area contributed by atoms with Crippen LogP contribution in [0.25, 0.3) is 0 Å². The number of hydrogen-bond donors (Lipinski definition) is 0. The number of rotatable bonds is 3. The largest absolute Gasteiger partial charge is 0.464 e. The zero-order valence-corrected chi connectivity index (χ0v) is 14.0. The molecule has 2 rings (SSSR count). The summed E-state index contributed by atoms with van der Waals surface area (Å²) >= 11 is 3.44. The number of halogens is 1. The molecule has 0 spiro atoms. The average molecular weight is 354 g/mol. The number of likely N-dealkylation sites (tertiary alicyclic amines) is 1. The molecule has 5 heteroatoms. The molecule has 1 aromatic carbocycles. The third-order valence-electron chi connectivity index (χ3n) is 3.68. The van der Waals surface area contributed by atoms with Gasteiger partial charge in [-0.3, -0.25) is 4.79 Å². The Morgan fingerprint density at radius 1 is 1.38 bits per heavy atom. The monoisotopic (exact) mass is 353 g/mol. The lowest BCUT2D eigenvalue weighted by molar-refractivity contribution is -0.149. The fourth-order valence-corrected chi connectivity index (χ4v) is 3.27. The van der Waals surface area contributed by atoms with E-state index in [0.717, 1.165) is 22.9 Å². The van der Waals surface area contributed by atoms with Crippen LogP contribution in [0.3, 0.4) is 0 Å². The van der Waals surface area contributed by atoms with Crippen molar-refractivity contribution in [1.29, 1.82) is 0 Å². The van der Waals surface area contributed by atoms with Crippen LogP contribution in [0, 0.1) is 6.92 Å². The van der Waals surface area contributed by atoms with Gasteiger partial charge in [0.05, 0.1) is 12.2 Å². The second-order valence-electron chi connectivity index (χ2n) is 5.25. The lowest BCUT2D eigenvalue weighted by Crippen LogP contribution is -2.48. The van der Waals surface area contributed by atoms with Gasteiger partial charge in [-0.1, -0.05) is 6.07 Å². The molecule has 0 bridgehead atoms. The molecule has 1 heterocycles. The zero-order chi connectivity index (χ0) is 15.4. The summed E-state index contributed by atoms with van der Waals surface area (Å²) in [6.45, 7) is 4.69. The van der Waals surface area contributed by atoms with Crippen molar-refractivity contribution < 1.29 is 14.3 Å². The van der Waals surface area contributed by atoms with Crippen LogP contribution in [-0.4, -0.2) is 36.0 Å². The van der Waals surface area contributed by atoms with Crippen LogP contribution in [0.5, 0.6) is 0 Å². The maximum atomic E-state index is 12.7. The Morgan fingerprint density at radius 2 is 2.14 bits per heavy atom. The number of nitrogens with zero attached hydrogens (tertiary/aromatic N) is 1. The van der Waals surface area contributed by atoms with E-state index in [1.54, 1.807) is 17.9 Å². The Morgan fingerprint density at radius 3 is 2.81 bits per heavy atom. The molecule has 1 saturated heterocycles. The van der Waals surface area contributed by atoms with E-state index in [2.05, 4.69) is 15.9 Å². The minimum absolute atomic E-state index is 0.111. The molecule has 0 aromatic heterocycles. The molecule has 1 fully saturated rings. The number of hydrogen-bond acceptors (Lipinski definition) is 3. The third-order valence-corrected chi connectivity index (χ3v) is 4.33. The Kier molecular flexibility index (Phi) is 5.39. The number of benzene rings is 1. The summed E-state index contributed by atoms with van der Waals surface area (Å²) in [5, 5.41) is 0. The fourth-order valence-electron chi connectivity index (χ4n) is 2.61. The van der Waals surface area contributed by atoms with Crippen LogP contribution in [0.4, 0.5) is 0 Å². The van der Waals surface area contributed by atoms with E-state index < -0.39 is 6.04 Å². The summed E-state index contributed by atoms with van der Waals surface area (Å²) in [6, 6.07) is 5.16. The van der Waals surface area contributed by atoms with Crippen LogP contribution in [-0.2, 0) is 9.53 Å². The van der Waals surface area contributed by atoms with Gasteiger partial charge in [0.1, 0.15) is 6.04 Å². The van der Waals surface area contributed by atoms with Crippen molar-refractivity contribution in [2.45, 2.75) is 39.2 Å². The van der Waals surface area contributed by atoms with E-state index in [0.29, 0.717) is 25.1 Å². The van der Waals surface area contributed by atoms with Crippen LogP contribution >= 0.6 is 15.9 Å². The van der Waals surface area contributed by atoms with Gasteiger partial charge in [-0.25, -0.2) is 4.79 Å². The summed E-state index contributed by atoms with van der Waals surface area (Å²) in [5.74, 6) is -0.409. The van der Waals surface area contributed by atoms with Gasteiger partial charge < -0.3 is 9.64 Å². The number of aryl methyl sites for hydroxylation is 1. The quantitative estimate of drug-likeness (QED) is 0.783. The van der Waals surface area contributed by atoms with Crippen molar-refractivity contribution in [3.8, 4) is 0 Å². The molecule has 1 atom stereocenters. The lowest BCUT2D eigenvalue weighted by atomic mass is 10.0. The maximum absolute atomic E-state index is 12.7. The van der Waals surface area contributed by atoms with Gasteiger partial charge in [0.25, 0.3) is 5.91 Å². The number of amides is 1. The number of carbonyl (C=O) groups is 2. The maximum Gasteiger partial charge on any atom is 0.328 e. The van der Waals surface area contributed by atoms with Crippen molar-refractivity contribution in [3.05, 3.63) is 33.8 Å². The van der Waals surface area contributed by atoms with Crippen molar-refractivity contribution in [1.82, 2.24) is 4.90 Å². The molecule has 4 nitrogen and oxygen atoms in total. The average Bonchev–Trinajstić information content (AvgIpc) is 2.47. The highest BCUT2D eigenvalue weighted by Crippen LogP contribution is 2.25. The molecule has 0 saturated carbocycles. The number of ether oxygens (including phenoxy) is 1. The second kappa shape index (κ2) is 7.07. The molecule has 1 aromatic rings. The first-order valence-corrected chi connectivity index (χ1v) is 8.07. The van der Waals surface area contributed by atoms with Crippen LogP contribution in [0.2, 0.25) is 0 Å². The van der Waals surface area contributed by atoms with Crippen molar-refractivity contribution in [2.75, 3.05) is 13.2 Å². The standard InChI is InChI=1S/C16H20BrNO3/c1-3-21-16(20)14-6-4-5-9-18(14)15(19)12-8-7-11(2)10-13(12)17/h7-8,10,14H,3-6,9H2,1-2H3. The predicted molar refractivity (Wildman–Crippen MR) is 84.2 cm³/mol. The summed E-state index contributed by atoms with van der Waals surface area (Å²) < 4.78 is 5.87. The summed E-state index contributed by atoms with van der Waals surface area (Å²) in [7, 11) is 0. The highest BCUT2D eigenvalue weighted by atomic mass is 79.9. The Bertz CT molecular complexity index is 544. The smallest absolute Gasteiger partial charge is 0.328 e. The zero-order valence-electron chi connectivity index (χ0n) is 12.4. The van der Waals surface area contributed by atoms with Gasteiger partial charge in [-0.15, -0.1) is 0 Å². The molecule has 114 valence electrons. The van der Waals surface area contributed by atoms with E-state index in [1.807, 2.05) is 19.1 Å². The van der Waals surface area contributed by atoms with E-state index in [1.165, 1.54) is 0 Å². The van der Waals surface area contributed by atoms with E-state index in [4.69, 9.17) is 4.74 Å². The second-order valence-corrected chi connectivity index (χ2v) is 6.10. The van der Waals surface area contributed by atoms with Gasteiger partial charge in [0, 0.05) is 11.0 Å². The van der Waals surface area contributed by atoms with E-state index >= 15 is 0 Å². The third kappa shape index (κ3) is 3.64. The topological polar surface area (TPSA) is 46.6 Å². The van der Waals surface area contributed by atoms with Crippen LogP contribution in [0.15, 0.2) is 22.7 Å². The van der Waals surface area contributed by atoms with Crippen LogP contribution < -0.4 is 0 Å². The Balaban J connectivity index is 2.24. The first-order chi connectivity index (χ1) is 10.0. The van der Waals surface area contributed by atoms with Crippen molar-refractivity contribution in [2.24, 2.45) is 0 Å². The van der Waals surface area contributed by atoms with Gasteiger partial charge in [-0.05, 0) is 66.7 Å². The lowest BCUT2D eigenvalue weighted by Gasteiger charge is -2.34. The molecule has 0 radical (unpaired) electrons. The minimum atomic E-state index is -0.459. The first-order valence-electron chi connectivity index (χ1n) is 7.28. The van der Waals surface area contributed by atoms with E-state index in [-0.39, 0.29) is 11.9 Å². The molecule has 1 unspecified atom stereocenters. The molecular formula is C16H20BrNO3. The molecule has 1 aliphatic heterocycles. The summed E-state index contributed by atoms with van der Waals surface area (Å²) in [5.41, 5.74) is 1.68. The summed E-state index contributed by atoms with van der Waals surface area (Å²) in [4.78, 5) is 26.4. The predicted octanol–water partition coefficient (Wildman–Crippen LogP) is 3.32. The van der Waals surface area contributed by atoms with Gasteiger partial charge in [0.2, 0.25) is 0 Å². The molecule has 21 heavy (non-hydrogen) atoms. The molecule has 0 aliphatic carbocycles. The first kappa shape index (κ1) is 16.0. The minimum Gasteiger partial charge on any atom is -0.464 e. The van der Waals surface area contributed by atoms with Crippen molar-refractivity contribution >= 4 is 27.8 Å². The van der Waals surface area contributed by atoms with E-state index in [9.17, 15) is 9.59 Å². The highest BCUT2D eigenvalue weighted by Gasteiger charge is 2.34. The van der Waals surface area contributed by atoms with Gasteiger partial charge in [-0.2, -0.15) is 0 Å². The van der Waals surface area contributed by atoms with Crippen LogP contribution in [0.1, 0.15) is 42.1 Å². The molecular weight excluding hydrogens is 334 g/mol. The molecule has 1 amide bonds. The SMILES string of the molecule is CCOC(=O)C1CCCCN1C(=O)c1ccc(C)cc1Br.